The van der Waals surface area contributed by atoms with Crippen molar-refractivity contribution in [2.75, 3.05) is 6.54 Å². The van der Waals surface area contributed by atoms with E-state index < -0.39 is 6.04 Å². The monoisotopic (exact) mass is 261 g/mol. The molecule has 1 heterocycles. The van der Waals surface area contributed by atoms with Crippen LogP contribution in [0.4, 0.5) is 0 Å². The topological polar surface area (TPSA) is 84.2 Å². The minimum absolute atomic E-state index is 0.0249. The van der Waals surface area contributed by atoms with E-state index in [-0.39, 0.29) is 17.9 Å². The highest BCUT2D eigenvalue weighted by Crippen LogP contribution is 2.05. The number of carbonyl (C=O) groups excluding carboxylic acids is 2. The largest absolute Gasteiger partial charge is 0.354 e. The number of nitrogens with one attached hydrogen (secondary N) is 2. The molecule has 0 spiro atoms. The average Bonchev–Trinajstić information content (AvgIpc) is 2.82. The van der Waals surface area contributed by atoms with E-state index in [0.717, 1.165) is 6.42 Å². The summed E-state index contributed by atoms with van der Waals surface area (Å²) in [5.74, 6) is -0.208. The summed E-state index contributed by atoms with van der Waals surface area (Å²) in [7, 11) is 0. The van der Waals surface area contributed by atoms with Gasteiger partial charge in [-0.05, 0) is 18.4 Å². The second-order valence-electron chi connectivity index (χ2n) is 4.84. The van der Waals surface area contributed by atoms with Crippen molar-refractivity contribution in [1.82, 2.24) is 10.6 Å². The number of carbonyl (C=O) groups is 2. The molecule has 4 N–H and O–H groups in total. The second-order valence-corrected chi connectivity index (χ2v) is 4.84. The summed E-state index contributed by atoms with van der Waals surface area (Å²) in [5.41, 5.74) is 7.03. The third-order valence-electron chi connectivity index (χ3n) is 3.25. The Morgan fingerprint density at radius 1 is 1.42 bits per heavy atom. The fraction of sp³-hybridized carbons (Fsp3) is 0.429. The van der Waals surface area contributed by atoms with E-state index in [9.17, 15) is 9.59 Å². The highest BCUT2D eigenvalue weighted by atomic mass is 16.2. The van der Waals surface area contributed by atoms with Crippen molar-refractivity contribution >= 4 is 11.8 Å². The van der Waals surface area contributed by atoms with Gasteiger partial charge in [-0.3, -0.25) is 9.59 Å². The third-order valence-corrected chi connectivity index (χ3v) is 3.25. The van der Waals surface area contributed by atoms with Crippen molar-refractivity contribution in [3.05, 3.63) is 35.9 Å². The molecule has 0 aromatic heterocycles. The highest BCUT2D eigenvalue weighted by Gasteiger charge is 2.24. The summed E-state index contributed by atoms with van der Waals surface area (Å²) in [6.45, 7) is 0.496. The third kappa shape index (κ3) is 4.06. The number of rotatable bonds is 5. The lowest BCUT2D eigenvalue weighted by molar-refractivity contribution is -0.123. The molecule has 1 fully saturated rings. The summed E-state index contributed by atoms with van der Waals surface area (Å²) < 4.78 is 0. The molecule has 2 amide bonds. The van der Waals surface area contributed by atoms with E-state index in [4.69, 9.17) is 5.73 Å². The van der Waals surface area contributed by atoms with Crippen LogP contribution in [0.15, 0.2) is 30.3 Å². The van der Waals surface area contributed by atoms with Gasteiger partial charge < -0.3 is 16.4 Å². The van der Waals surface area contributed by atoms with Crippen LogP contribution in [0.3, 0.4) is 0 Å². The molecule has 102 valence electrons. The molecule has 0 bridgehead atoms. The Bertz CT molecular complexity index is 447. The minimum Gasteiger partial charge on any atom is -0.354 e. The maximum absolute atomic E-state index is 11.9. The molecule has 1 saturated heterocycles. The smallest absolute Gasteiger partial charge is 0.237 e. The van der Waals surface area contributed by atoms with E-state index >= 15 is 0 Å². The first-order valence-electron chi connectivity index (χ1n) is 6.52. The number of hydrogen-bond donors (Lipinski definition) is 3. The molecule has 2 rings (SSSR count). The quantitative estimate of drug-likeness (QED) is 0.695. The van der Waals surface area contributed by atoms with E-state index in [1.165, 1.54) is 5.56 Å². The number of benzene rings is 1. The van der Waals surface area contributed by atoms with Gasteiger partial charge in [-0.2, -0.15) is 0 Å². The predicted octanol–water partition coefficient (Wildman–Crippen LogP) is -0.0488. The zero-order valence-electron chi connectivity index (χ0n) is 10.8. The Morgan fingerprint density at radius 3 is 2.79 bits per heavy atom. The van der Waals surface area contributed by atoms with Crippen molar-refractivity contribution in [3.63, 3.8) is 0 Å². The first-order valence-corrected chi connectivity index (χ1v) is 6.52. The van der Waals surface area contributed by atoms with E-state index in [1.54, 1.807) is 0 Å². The van der Waals surface area contributed by atoms with Crippen molar-refractivity contribution < 1.29 is 9.59 Å². The normalized spacial score (nSPS) is 19.8. The molecule has 0 saturated carbocycles. The second kappa shape index (κ2) is 6.33. The van der Waals surface area contributed by atoms with Crippen molar-refractivity contribution in [1.29, 1.82) is 0 Å². The molecule has 5 heteroatoms. The van der Waals surface area contributed by atoms with Crippen molar-refractivity contribution in [2.45, 2.75) is 31.3 Å². The summed E-state index contributed by atoms with van der Waals surface area (Å²) in [4.78, 5) is 22.9. The standard InChI is InChI=1S/C14H19N3O2/c15-12(7-6-10-4-2-1-3-5-10)14(19)17-11-8-13(18)16-9-11/h1-5,11-12H,6-9,15H2,(H,16,18)(H,17,19). The molecule has 19 heavy (non-hydrogen) atoms. The van der Waals surface area contributed by atoms with Crippen LogP contribution in [-0.4, -0.2) is 30.4 Å². The molecule has 1 aromatic carbocycles. The Kier molecular flexibility index (Phi) is 4.52. The first kappa shape index (κ1) is 13.5. The van der Waals surface area contributed by atoms with Gasteiger partial charge in [-0.15, -0.1) is 0 Å². The summed E-state index contributed by atoms with van der Waals surface area (Å²) in [6.07, 6.45) is 1.72. The SMILES string of the molecule is NC(CCc1ccccc1)C(=O)NC1CNC(=O)C1. The van der Waals surface area contributed by atoms with Gasteiger partial charge in [-0.1, -0.05) is 30.3 Å². The number of nitrogens with two attached hydrogens (primary N) is 1. The molecule has 0 aliphatic carbocycles. The van der Waals surface area contributed by atoms with Crippen molar-refractivity contribution in [2.24, 2.45) is 5.73 Å². The van der Waals surface area contributed by atoms with Gasteiger partial charge in [0.05, 0.1) is 12.1 Å². The van der Waals surface area contributed by atoms with Crippen LogP contribution in [-0.2, 0) is 16.0 Å². The van der Waals surface area contributed by atoms with Gasteiger partial charge >= 0.3 is 0 Å². The molecule has 0 radical (unpaired) electrons. The molecule has 1 aromatic rings. The van der Waals surface area contributed by atoms with Gasteiger partial charge in [0.15, 0.2) is 0 Å². The van der Waals surface area contributed by atoms with Crippen molar-refractivity contribution in [3.8, 4) is 0 Å². The molecule has 2 unspecified atom stereocenters. The van der Waals surface area contributed by atoms with Gasteiger partial charge in [0.1, 0.15) is 0 Å². The maximum atomic E-state index is 11.9. The maximum Gasteiger partial charge on any atom is 0.237 e. The molecule has 5 nitrogen and oxygen atoms in total. The zero-order valence-corrected chi connectivity index (χ0v) is 10.8. The van der Waals surface area contributed by atoms with Crippen LogP contribution < -0.4 is 16.4 Å². The Labute approximate surface area is 112 Å². The molecule has 1 aliphatic heterocycles. The van der Waals surface area contributed by atoms with Crippen LogP contribution in [0, 0.1) is 0 Å². The fourth-order valence-electron chi connectivity index (χ4n) is 2.11. The highest BCUT2D eigenvalue weighted by molar-refractivity contribution is 5.84. The van der Waals surface area contributed by atoms with E-state index in [1.807, 2.05) is 30.3 Å². The lowest BCUT2D eigenvalue weighted by Gasteiger charge is -2.15. The summed E-state index contributed by atoms with van der Waals surface area (Å²) >= 11 is 0. The predicted molar refractivity (Wildman–Crippen MR) is 72.3 cm³/mol. The van der Waals surface area contributed by atoms with Crippen LogP contribution in [0.25, 0.3) is 0 Å². The number of amides is 2. The van der Waals surface area contributed by atoms with E-state index in [2.05, 4.69) is 10.6 Å². The number of aryl methyl sites for hydroxylation is 1. The van der Waals surface area contributed by atoms with E-state index in [0.29, 0.717) is 19.4 Å². The number of hydrogen-bond acceptors (Lipinski definition) is 3. The lowest BCUT2D eigenvalue weighted by atomic mass is 10.1. The van der Waals surface area contributed by atoms with Crippen LogP contribution in [0.5, 0.6) is 0 Å². The minimum atomic E-state index is -0.532. The molecule has 1 aliphatic rings. The Hall–Kier alpha value is -1.88. The zero-order chi connectivity index (χ0) is 13.7. The summed E-state index contributed by atoms with van der Waals surface area (Å²) in [5, 5.41) is 5.48. The van der Waals surface area contributed by atoms with Crippen LogP contribution in [0.1, 0.15) is 18.4 Å². The molecular formula is C14H19N3O2. The summed E-state index contributed by atoms with van der Waals surface area (Å²) in [6, 6.07) is 9.28. The Balaban J connectivity index is 1.75. The first-order chi connectivity index (χ1) is 9.15. The molecule has 2 atom stereocenters. The average molecular weight is 261 g/mol. The van der Waals surface area contributed by atoms with Crippen LogP contribution in [0.2, 0.25) is 0 Å². The van der Waals surface area contributed by atoms with Gasteiger partial charge in [-0.25, -0.2) is 0 Å². The Morgan fingerprint density at radius 2 is 2.16 bits per heavy atom. The molecular weight excluding hydrogens is 242 g/mol. The van der Waals surface area contributed by atoms with Crippen LogP contribution >= 0.6 is 0 Å². The van der Waals surface area contributed by atoms with Gasteiger partial charge in [0, 0.05) is 13.0 Å². The lowest BCUT2D eigenvalue weighted by Crippen LogP contribution is -2.46. The fourth-order valence-corrected chi connectivity index (χ4v) is 2.11. The van der Waals surface area contributed by atoms with Gasteiger partial charge in [0.2, 0.25) is 11.8 Å². The van der Waals surface area contributed by atoms with Gasteiger partial charge in [0.25, 0.3) is 0 Å².